The van der Waals surface area contributed by atoms with Crippen LogP contribution in [-0.4, -0.2) is 50.9 Å². The van der Waals surface area contributed by atoms with Gasteiger partial charge in [0.05, 0.1) is 11.0 Å². The second-order valence-electron chi connectivity index (χ2n) is 11.2. The van der Waals surface area contributed by atoms with Crippen LogP contribution in [0.4, 0.5) is 0 Å². The number of fused-ring (bicyclic) bond motifs is 2. The molecule has 2 aliphatic heterocycles. The van der Waals surface area contributed by atoms with Crippen molar-refractivity contribution in [2.45, 2.75) is 31.3 Å². The molecule has 1 amide bonds. The minimum absolute atomic E-state index is 0.0639. The third kappa shape index (κ3) is 4.77. The summed E-state index contributed by atoms with van der Waals surface area (Å²) in [5, 5.41) is 11.4. The van der Waals surface area contributed by atoms with Gasteiger partial charge in [-0.15, -0.1) is 0 Å². The van der Waals surface area contributed by atoms with Crippen LogP contribution in [0.2, 0.25) is 5.02 Å². The maximum atomic E-state index is 14.0. The number of carbonyl (C=O) groups excluding carboxylic acids is 1. The summed E-state index contributed by atoms with van der Waals surface area (Å²) in [6.07, 6.45) is 2.38. The highest BCUT2D eigenvalue weighted by Gasteiger charge is 2.37. The van der Waals surface area contributed by atoms with E-state index in [1.807, 2.05) is 36.4 Å². The predicted octanol–water partition coefficient (Wildman–Crippen LogP) is 7.14. The van der Waals surface area contributed by atoms with E-state index in [-0.39, 0.29) is 11.7 Å². The van der Waals surface area contributed by atoms with Gasteiger partial charge in [0.25, 0.3) is 5.91 Å². The maximum Gasteiger partial charge on any atom is 0.255 e. The molecule has 0 radical (unpaired) electrons. The van der Waals surface area contributed by atoms with Crippen molar-refractivity contribution in [1.82, 2.24) is 19.8 Å². The standard InChI is InChI=1S/C34H31ClN4O2/c1-38-16-14-23(15-17-38)21-6-8-22(9-7-21)24-10-11-25-20-39(34(41)27(25)18-24)32(28-19-26(35)12-13-31(28)40)33-36-29-4-2-3-5-30(29)37-33/h2-13,18-19,23,32,40H,14-17,20H2,1H3,(H,36,37). The van der Waals surface area contributed by atoms with Gasteiger partial charge in [-0.2, -0.15) is 0 Å². The molecule has 2 aliphatic rings. The highest BCUT2D eigenvalue weighted by Crippen LogP contribution is 2.41. The second kappa shape index (κ2) is 10.4. The molecule has 7 heteroatoms. The van der Waals surface area contributed by atoms with E-state index >= 15 is 0 Å². The lowest BCUT2D eigenvalue weighted by atomic mass is 9.88. The molecule has 1 fully saturated rings. The van der Waals surface area contributed by atoms with E-state index in [4.69, 9.17) is 16.6 Å². The van der Waals surface area contributed by atoms with Gasteiger partial charge in [-0.3, -0.25) is 4.79 Å². The van der Waals surface area contributed by atoms with Crippen molar-refractivity contribution < 1.29 is 9.90 Å². The van der Waals surface area contributed by atoms with Gasteiger partial charge in [0.2, 0.25) is 0 Å². The summed E-state index contributed by atoms with van der Waals surface area (Å²) in [5.74, 6) is 1.15. The Labute approximate surface area is 244 Å². The number of rotatable bonds is 5. The number of benzene rings is 4. The average molecular weight is 563 g/mol. The zero-order chi connectivity index (χ0) is 28.1. The van der Waals surface area contributed by atoms with Crippen LogP contribution in [0.5, 0.6) is 5.75 Å². The summed E-state index contributed by atoms with van der Waals surface area (Å²) in [5.41, 5.74) is 7.31. The van der Waals surface area contributed by atoms with Crippen molar-refractivity contribution >= 4 is 28.5 Å². The van der Waals surface area contributed by atoms with Gasteiger partial charge in [-0.25, -0.2) is 4.98 Å². The van der Waals surface area contributed by atoms with Crippen LogP contribution in [0.25, 0.3) is 22.2 Å². The molecule has 6 nitrogen and oxygen atoms in total. The Morgan fingerprint density at radius 1 is 0.951 bits per heavy atom. The fourth-order valence-electron chi connectivity index (χ4n) is 6.31. The summed E-state index contributed by atoms with van der Waals surface area (Å²) in [6, 6.07) is 27.0. The average Bonchev–Trinajstić information content (AvgIpc) is 3.56. The molecule has 0 bridgehead atoms. The highest BCUT2D eigenvalue weighted by atomic mass is 35.5. The van der Waals surface area contributed by atoms with Crippen molar-refractivity contribution in [2.24, 2.45) is 0 Å². The summed E-state index contributed by atoms with van der Waals surface area (Å²) < 4.78 is 0. The third-order valence-electron chi connectivity index (χ3n) is 8.64. The summed E-state index contributed by atoms with van der Waals surface area (Å²) in [6.45, 7) is 2.67. The SMILES string of the molecule is CN1CCC(c2ccc(-c3ccc4c(c3)C(=O)N(C(c3nc5ccccc5[nH]3)c3cc(Cl)ccc3O)C4)cc2)CC1. The first kappa shape index (κ1) is 25.8. The first-order chi connectivity index (χ1) is 19.9. The van der Waals surface area contributed by atoms with E-state index in [0.29, 0.717) is 34.4 Å². The number of hydrogen-bond acceptors (Lipinski definition) is 4. The summed E-state index contributed by atoms with van der Waals surface area (Å²) >= 11 is 6.37. The number of likely N-dealkylation sites (tertiary alicyclic amines) is 1. The zero-order valence-electron chi connectivity index (χ0n) is 22.8. The Bertz CT molecular complexity index is 1720. The lowest BCUT2D eigenvalue weighted by Gasteiger charge is -2.29. The number of aromatic amines is 1. The van der Waals surface area contributed by atoms with Crippen LogP contribution in [-0.2, 0) is 6.54 Å². The van der Waals surface area contributed by atoms with Crippen LogP contribution in [0, 0.1) is 0 Å². The second-order valence-corrected chi connectivity index (χ2v) is 11.7. The van der Waals surface area contributed by atoms with Crippen molar-refractivity contribution in [1.29, 1.82) is 0 Å². The molecule has 3 heterocycles. The molecular weight excluding hydrogens is 532 g/mol. The fourth-order valence-corrected chi connectivity index (χ4v) is 6.49. The van der Waals surface area contributed by atoms with Gasteiger partial charge in [0.15, 0.2) is 0 Å². The van der Waals surface area contributed by atoms with Gasteiger partial charge in [-0.1, -0.05) is 60.1 Å². The first-order valence-corrected chi connectivity index (χ1v) is 14.5. The molecule has 4 aromatic carbocycles. The van der Waals surface area contributed by atoms with Crippen LogP contribution in [0.3, 0.4) is 0 Å². The van der Waals surface area contributed by atoms with E-state index in [9.17, 15) is 9.90 Å². The van der Waals surface area contributed by atoms with Crippen molar-refractivity contribution in [3.63, 3.8) is 0 Å². The molecule has 1 aromatic heterocycles. The van der Waals surface area contributed by atoms with Crippen LogP contribution in [0.15, 0.2) is 84.9 Å². The van der Waals surface area contributed by atoms with Gasteiger partial charge < -0.3 is 19.9 Å². The van der Waals surface area contributed by atoms with E-state index in [1.165, 1.54) is 18.4 Å². The molecule has 41 heavy (non-hydrogen) atoms. The molecule has 5 aromatic rings. The van der Waals surface area contributed by atoms with Crippen molar-refractivity contribution in [3.05, 3.63) is 118 Å². The molecule has 1 unspecified atom stereocenters. The monoisotopic (exact) mass is 562 g/mol. The molecule has 206 valence electrons. The number of imidazole rings is 1. The van der Waals surface area contributed by atoms with Gasteiger partial charge in [0, 0.05) is 22.7 Å². The van der Waals surface area contributed by atoms with Gasteiger partial charge in [0.1, 0.15) is 17.6 Å². The van der Waals surface area contributed by atoms with E-state index < -0.39 is 6.04 Å². The molecule has 1 atom stereocenters. The van der Waals surface area contributed by atoms with Gasteiger partial charge in [-0.05, 0) is 97.5 Å². The Kier molecular flexibility index (Phi) is 6.53. The van der Waals surface area contributed by atoms with Gasteiger partial charge >= 0.3 is 0 Å². The summed E-state index contributed by atoms with van der Waals surface area (Å²) in [7, 11) is 2.19. The van der Waals surface area contributed by atoms with Crippen molar-refractivity contribution in [3.8, 4) is 16.9 Å². The minimum Gasteiger partial charge on any atom is -0.508 e. The number of aromatic nitrogens is 2. The number of nitrogens with zero attached hydrogens (tertiary/aromatic N) is 3. The number of halogens is 1. The number of amides is 1. The molecule has 0 aliphatic carbocycles. The number of H-pyrrole nitrogens is 1. The molecule has 1 saturated heterocycles. The van der Waals surface area contributed by atoms with E-state index in [2.05, 4.69) is 47.3 Å². The molecule has 2 N–H and O–H groups in total. The quantitative estimate of drug-likeness (QED) is 0.239. The summed E-state index contributed by atoms with van der Waals surface area (Å²) in [4.78, 5) is 26.4. The highest BCUT2D eigenvalue weighted by molar-refractivity contribution is 6.30. The minimum atomic E-state index is -0.640. The third-order valence-corrected chi connectivity index (χ3v) is 8.87. The number of aromatic hydroxyl groups is 1. The lowest BCUT2D eigenvalue weighted by molar-refractivity contribution is 0.0724. The Morgan fingerprint density at radius 3 is 2.49 bits per heavy atom. The topological polar surface area (TPSA) is 72.5 Å². The predicted molar refractivity (Wildman–Crippen MR) is 162 cm³/mol. The zero-order valence-corrected chi connectivity index (χ0v) is 23.6. The normalized spacial score (nSPS) is 16.8. The lowest BCUT2D eigenvalue weighted by Crippen LogP contribution is -2.31. The number of nitrogens with one attached hydrogen (secondary N) is 1. The van der Waals surface area contributed by atoms with Crippen molar-refractivity contribution in [2.75, 3.05) is 20.1 Å². The Hall–Kier alpha value is -4.13. The molecule has 7 rings (SSSR count). The first-order valence-electron chi connectivity index (χ1n) is 14.1. The van der Waals surface area contributed by atoms with E-state index in [0.717, 1.165) is 40.8 Å². The largest absolute Gasteiger partial charge is 0.508 e. The number of carbonyl (C=O) groups is 1. The smallest absolute Gasteiger partial charge is 0.255 e. The Morgan fingerprint density at radius 2 is 1.71 bits per heavy atom. The molecule has 0 spiro atoms. The van der Waals surface area contributed by atoms with Crippen LogP contribution < -0.4 is 0 Å². The van der Waals surface area contributed by atoms with Crippen LogP contribution in [0.1, 0.15) is 57.7 Å². The fraction of sp³-hybridized carbons (Fsp3) is 0.235. The number of phenols is 1. The number of para-hydroxylation sites is 2. The molecular formula is C34H31ClN4O2. The Balaban J connectivity index is 1.22. The molecule has 0 saturated carbocycles. The van der Waals surface area contributed by atoms with Crippen LogP contribution >= 0.6 is 11.6 Å². The maximum absolute atomic E-state index is 14.0. The number of piperidine rings is 1. The number of hydrogen-bond donors (Lipinski definition) is 2. The van der Waals surface area contributed by atoms with E-state index in [1.54, 1.807) is 23.1 Å². The number of phenolic OH excluding ortho intramolecular Hbond substituents is 1.